The highest BCUT2D eigenvalue weighted by Gasteiger charge is 2.28. The van der Waals surface area contributed by atoms with E-state index in [1.165, 1.54) is 11.1 Å². The molecule has 2 aromatic carbocycles. The summed E-state index contributed by atoms with van der Waals surface area (Å²) in [6, 6.07) is 18.0. The summed E-state index contributed by atoms with van der Waals surface area (Å²) in [4.78, 5) is 12.1. The zero-order valence-electron chi connectivity index (χ0n) is 11.3. The van der Waals surface area contributed by atoms with Crippen LogP contribution >= 0.6 is 0 Å². The first-order valence-electron chi connectivity index (χ1n) is 6.93. The van der Waals surface area contributed by atoms with Gasteiger partial charge in [-0.3, -0.25) is 0 Å². The molecule has 3 heteroatoms. The Hall–Kier alpha value is -2.13. The van der Waals surface area contributed by atoms with Gasteiger partial charge in [0.2, 0.25) is 0 Å². The Morgan fingerprint density at radius 3 is 2.55 bits per heavy atom. The summed E-state index contributed by atoms with van der Waals surface area (Å²) in [5.41, 5.74) is 3.60. The summed E-state index contributed by atoms with van der Waals surface area (Å²) >= 11 is 0. The second-order valence-corrected chi connectivity index (χ2v) is 5.11. The Kier molecular flexibility index (Phi) is 3.79. The summed E-state index contributed by atoms with van der Waals surface area (Å²) in [7, 11) is 0. The molecule has 0 aromatic heterocycles. The number of carbonyl (C=O) groups is 1. The van der Waals surface area contributed by atoms with E-state index in [4.69, 9.17) is 4.74 Å². The molecule has 2 aromatic rings. The highest BCUT2D eigenvalue weighted by molar-refractivity contribution is 5.74. The van der Waals surface area contributed by atoms with Crippen molar-refractivity contribution < 1.29 is 14.8 Å². The maximum absolute atomic E-state index is 12.1. The van der Waals surface area contributed by atoms with Gasteiger partial charge in [-0.05, 0) is 11.1 Å². The van der Waals surface area contributed by atoms with Crippen LogP contribution in [-0.4, -0.2) is 12.0 Å². The molecule has 0 saturated carbocycles. The molecule has 0 unspecified atom stereocenters. The number of hydrogen-bond donors (Lipinski definition) is 1. The molecule has 2 N–H and O–H groups in total. The normalized spacial score (nSPS) is 17.3. The van der Waals surface area contributed by atoms with Crippen LogP contribution < -0.4 is 5.32 Å². The van der Waals surface area contributed by atoms with Crippen LogP contribution in [0.4, 0.5) is 0 Å². The Morgan fingerprint density at radius 2 is 1.75 bits per heavy atom. The summed E-state index contributed by atoms with van der Waals surface area (Å²) in [5.74, 6) is -0.122. The van der Waals surface area contributed by atoms with Crippen LogP contribution in [0.15, 0.2) is 54.6 Å². The van der Waals surface area contributed by atoms with Crippen LogP contribution in [0, 0.1) is 0 Å². The standard InChI is InChI=1S/C17H17NO2/c19-17(20-12-13-6-2-1-3-7-13)16-10-14-8-4-5-9-15(14)11-18-16/h1-9,16,18H,10-12H2/p+1/t16-/m1/s1. The van der Waals surface area contributed by atoms with Crippen LogP contribution in [-0.2, 0) is 29.1 Å². The lowest BCUT2D eigenvalue weighted by atomic mass is 9.96. The topological polar surface area (TPSA) is 42.9 Å². The van der Waals surface area contributed by atoms with Crippen molar-refractivity contribution in [1.82, 2.24) is 0 Å². The maximum Gasteiger partial charge on any atom is 0.365 e. The van der Waals surface area contributed by atoms with Crippen LogP contribution in [0.5, 0.6) is 0 Å². The average molecular weight is 268 g/mol. The number of benzene rings is 2. The quantitative estimate of drug-likeness (QED) is 0.856. The second kappa shape index (κ2) is 5.88. The van der Waals surface area contributed by atoms with Gasteiger partial charge in [-0.1, -0.05) is 54.6 Å². The number of rotatable bonds is 3. The van der Waals surface area contributed by atoms with Crippen molar-refractivity contribution in [3.63, 3.8) is 0 Å². The Labute approximate surface area is 118 Å². The van der Waals surface area contributed by atoms with Gasteiger partial charge in [0.1, 0.15) is 13.2 Å². The highest BCUT2D eigenvalue weighted by Crippen LogP contribution is 2.13. The molecule has 0 aliphatic carbocycles. The molecule has 0 radical (unpaired) electrons. The molecular weight excluding hydrogens is 250 g/mol. The van der Waals surface area contributed by atoms with Gasteiger partial charge in [-0.15, -0.1) is 0 Å². The van der Waals surface area contributed by atoms with Crippen molar-refractivity contribution in [2.75, 3.05) is 0 Å². The molecule has 1 aliphatic heterocycles. The fraction of sp³-hybridized carbons (Fsp3) is 0.235. The number of nitrogens with two attached hydrogens (primary N) is 1. The first kappa shape index (κ1) is 12.9. The third-order valence-electron chi connectivity index (χ3n) is 3.71. The van der Waals surface area contributed by atoms with E-state index in [1.807, 2.05) is 42.5 Å². The van der Waals surface area contributed by atoms with Crippen molar-refractivity contribution in [3.8, 4) is 0 Å². The van der Waals surface area contributed by atoms with E-state index >= 15 is 0 Å². The molecule has 0 fully saturated rings. The van der Waals surface area contributed by atoms with Crippen LogP contribution in [0.1, 0.15) is 16.7 Å². The molecule has 1 heterocycles. The number of hydrogen-bond acceptors (Lipinski definition) is 2. The molecule has 0 saturated heterocycles. The first-order chi connectivity index (χ1) is 9.83. The zero-order chi connectivity index (χ0) is 13.8. The smallest absolute Gasteiger partial charge is 0.365 e. The Bertz CT molecular complexity index is 595. The van der Waals surface area contributed by atoms with E-state index < -0.39 is 0 Å². The molecule has 0 spiro atoms. The Morgan fingerprint density at radius 1 is 1.05 bits per heavy atom. The molecule has 3 rings (SSSR count). The fourth-order valence-electron chi connectivity index (χ4n) is 2.56. The van der Waals surface area contributed by atoms with E-state index in [1.54, 1.807) is 0 Å². The van der Waals surface area contributed by atoms with Crippen molar-refractivity contribution >= 4 is 5.97 Å². The minimum absolute atomic E-state index is 0.117. The predicted octanol–water partition coefficient (Wildman–Crippen LogP) is 1.42. The summed E-state index contributed by atoms with van der Waals surface area (Å²) < 4.78 is 5.41. The maximum atomic E-state index is 12.1. The lowest BCUT2D eigenvalue weighted by Crippen LogP contribution is -2.92. The summed E-state index contributed by atoms with van der Waals surface area (Å²) in [6.45, 7) is 1.20. The minimum Gasteiger partial charge on any atom is -0.456 e. The van der Waals surface area contributed by atoms with E-state index in [0.29, 0.717) is 6.61 Å². The largest absolute Gasteiger partial charge is 0.456 e. The van der Waals surface area contributed by atoms with Gasteiger partial charge in [-0.25, -0.2) is 4.79 Å². The molecule has 102 valence electrons. The number of carbonyl (C=O) groups excluding carboxylic acids is 1. The number of esters is 1. The SMILES string of the molecule is O=C(OCc1ccccc1)[C@H]1Cc2ccccc2C[NH2+]1. The number of quaternary nitrogens is 1. The number of ether oxygens (including phenoxy) is 1. The van der Waals surface area contributed by atoms with Gasteiger partial charge in [0.05, 0.1) is 0 Å². The zero-order valence-corrected chi connectivity index (χ0v) is 11.3. The van der Waals surface area contributed by atoms with Crippen LogP contribution in [0.3, 0.4) is 0 Å². The van der Waals surface area contributed by atoms with E-state index in [9.17, 15) is 4.79 Å². The molecule has 20 heavy (non-hydrogen) atoms. The van der Waals surface area contributed by atoms with Crippen LogP contribution in [0.25, 0.3) is 0 Å². The Balaban J connectivity index is 1.59. The lowest BCUT2D eigenvalue weighted by Gasteiger charge is -2.21. The van der Waals surface area contributed by atoms with Gasteiger partial charge in [0.25, 0.3) is 0 Å². The van der Waals surface area contributed by atoms with Gasteiger partial charge < -0.3 is 10.1 Å². The third kappa shape index (κ3) is 2.89. The molecule has 1 atom stereocenters. The first-order valence-corrected chi connectivity index (χ1v) is 6.93. The van der Waals surface area contributed by atoms with Gasteiger partial charge in [0, 0.05) is 12.0 Å². The van der Waals surface area contributed by atoms with Gasteiger partial charge >= 0.3 is 5.97 Å². The summed E-state index contributed by atoms with van der Waals surface area (Å²) in [6.07, 6.45) is 0.754. The minimum atomic E-state index is -0.122. The van der Waals surface area contributed by atoms with E-state index in [-0.39, 0.29) is 12.0 Å². The third-order valence-corrected chi connectivity index (χ3v) is 3.71. The van der Waals surface area contributed by atoms with Gasteiger partial charge in [0.15, 0.2) is 6.04 Å². The lowest BCUT2D eigenvalue weighted by molar-refractivity contribution is -0.696. The molecule has 3 nitrogen and oxygen atoms in total. The highest BCUT2D eigenvalue weighted by atomic mass is 16.5. The number of fused-ring (bicyclic) bond motifs is 1. The van der Waals surface area contributed by atoms with Crippen molar-refractivity contribution in [1.29, 1.82) is 0 Å². The molecule has 1 aliphatic rings. The summed E-state index contributed by atoms with van der Waals surface area (Å²) in [5, 5.41) is 2.07. The van der Waals surface area contributed by atoms with E-state index in [2.05, 4.69) is 17.4 Å². The molecule has 0 bridgehead atoms. The molecule has 0 amide bonds. The average Bonchev–Trinajstić information content (AvgIpc) is 2.53. The fourth-order valence-corrected chi connectivity index (χ4v) is 2.56. The monoisotopic (exact) mass is 268 g/mol. The van der Waals surface area contributed by atoms with Crippen molar-refractivity contribution in [3.05, 3.63) is 71.3 Å². The van der Waals surface area contributed by atoms with Gasteiger partial charge in [-0.2, -0.15) is 0 Å². The van der Waals surface area contributed by atoms with Crippen molar-refractivity contribution in [2.45, 2.75) is 25.6 Å². The molecular formula is C17H18NO2+. The van der Waals surface area contributed by atoms with E-state index in [0.717, 1.165) is 18.5 Å². The predicted molar refractivity (Wildman–Crippen MR) is 75.8 cm³/mol. The van der Waals surface area contributed by atoms with Crippen LogP contribution in [0.2, 0.25) is 0 Å². The van der Waals surface area contributed by atoms with Crippen molar-refractivity contribution in [2.24, 2.45) is 0 Å². The second-order valence-electron chi connectivity index (χ2n) is 5.11.